The van der Waals surface area contributed by atoms with Crippen molar-refractivity contribution in [2.75, 3.05) is 0 Å². The Balaban J connectivity index is 4.89. The van der Waals surface area contributed by atoms with Gasteiger partial charge in [0.25, 0.3) is 0 Å². The topological polar surface area (TPSA) is 0 Å². The monoisotopic (exact) mass is 1500 g/mol. The summed E-state index contributed by atoms with van der Waals surface area (Å²) < 4.78 is 0.500. The van der Waals surface area contributed by atoms with E-state index in [1.54, 1.807) is 0 Å². The van der Waals surface area contributed by atoms with Crippen molar-refractivity contribution in [3.8, 4) is 22.2 Å². The fourth-order valence-electron chi connectivity index (χ4n) is 22.6. The quantitative estimate of drug-likeness (QED) is 0.0814. The first kappa shape index (κ1) is 85.6. The Morgan fingerprint density at radius 2 is 0.375 bits per heavy atom. The number of hydrogen-bond donors (Lipinski definition) is 0. The highest BCUT2D eigenvalue weighted by atomic mass is 28.9. The SMILES string of the molecule is C[Si](C)(C)C#C/[Si](c1c(C([Si](C)(C)C)[Si](C)(C)C)cc(C([Si](C)(C)C)([Si](C)(C)C)[Si](C)(C)C)cc1C([Si](C)(C)C)[Si](C)(C)C)=[Si](/C#C[Si](C)(C)C)c1c(C([Si](C)(C)C)[Si](C)(C)C)cc(C([Si](C)(C)C)([Si](C)(C)C)[Si](C)(C)C)cc1C([Si](C)(C)C)[Si](C)(C)C. The van der Waals surface area contributed by atoms with E-state index < -0.39 is 145 Å². The van der Waals surface area contributed by atoms with Crippen LogP contribution in [0.3, 0.4) is 0 Å². The van der Waals surface area contributed by atoms with Gasteiger partial charge in [-0.15, -0.1) is 22.2 Å². The molecule has 18 heteroatoms. The molecule has 0 aromatic heterocycles. The summed E-state index contributed by atoms with van der Waals surface area (Å²) >= 11 is 0. The largest absolute Gasteiger partial charge is 0.135 e. The van der Waals surface area contributed by atoms with Crippen molar-refractivity contribution in [3.05, 3.63) is 57.6 Å². The van der Waals surface area contributed by atoms with Crippen molar-refractivity contribution in [2.45, 2.75) is 343 Å². The molecule has 0 N–H and O–H groups in total. The second kappa shape index (κ2) is 26.6. The molecule has 0 atom stereocenters. The van der Waals surface area contributed by atoms with Crippen LogP contribution in [0.2, 0.25) is 314 Å². The van der Waals surface area contributed by atoms with E-state index in [1.165, 1.54) is 0 Å². The minimum Gasteiger partial charge on any atom is -0.135 e. The van der Waals surface area contributed by atoms with Gasteiger partial charge in [0.15, 0.2) is 0 Å². The molecule has 0 aliphatic carbocycles. The van der Waals surface area contributed by atoms with Crippen LogP contribution in [-0.2, 0) is 8.57 Å². The van der Waals surface area contributed by atoms with Crippen molar-refractivity contribution < 1.29 is 0 Å². The number of rotatable bonds is 22. The fraction of sp³-hybridized carbons (Fsp3) is 0.771. The van der Waals surface area contributed by atoms with Crippen LogP contribution in [0.25, 0.3) is 0 Å². The zero-order valence-electron chi connectivity index (χ0n) is 68.6. The van der Waals surface area contributed by atoms with Crippen molar-refractivity contribution in [3.63, 3.8) is 0 Å². The summed E-state index contributed by atoms with van der Waals surface area (Å²) in [5.41, 5.74) is 29.9. The van der Waals surface area contributed by atoms with E-state index in [2.05, 4.69) is 350 Å². The highest BCUT2D eigenvalue weighted by Gasteiger charge is 2.63. The first-order chi connectivity index (χ1) is 37.8. The summed E-state index contributed by atoms with van der Waals surface area (Å²) in [6.45, 7) is 134. The fourth-order valence-corrected chi connectivity index (χ4v) is 147. The molecule has 0 amide bonds. The average molecular weight is 1500 g/mol. The summed E-state index contributed by atoms with van der Waals surface area (Å²) in [6, 6.07) is 12.6. The lowest BCUT2D eigenvalue weighted by molar-refractivity contribution is 0.993. The molecule has 2 rings (SSSR count). The summed E-state index contributed by atoms with van der Waals surface area (Å²) in [6.07, 6.45) is 0. The summed E-state index contributed by atoms with van der Waals surface area (Å²) in [5, 5.41) is 6.08. The molecule has 0 nitrogen and oxygen atoms in total. The van der Waals surface area contributed by atoms with Crippen molar-refractivity contribution in [2.24, 2.45) is 0 Å². The van der Waals surface area contributed by atoms with Crippen LogP contribution >= 0.6 is 0 Å². The number of hydrogen-bond acceptors (Lipinski definition) is 0. The Kier molecular flexibility index (Phi) is 25.9. The van der Waals surface area contributed by atoms with Gasteiger partial charge in [-0.3, -0.25) is 0 Å². The molecule has 2 aromatic carbocycles. The highest BCUT2D eigenvalue weighted by molar-refractivity contribution is 7.18. The van der Waals surface area contributed by atoms with Gasteiger partial charge < -0.3 is 0 Å². The van der Waals surface area contributed by atoms with Gasteiger partial charge in [0.05, 0.1) is 0 Å². The molecule has 0 unspecified atom stereocenters. The molecule has 0 radical (unpaired) electrons. The maximum absolute atomic E-state index is 4.89. The minimum absolute atomic E-state index is 0.250. The molecule has 0 fully saturated rings. The second-order valence-corrected chi connectivity index (χ2v) is 140. The van der Waals surface area contributed by atoms with Crippen LogP contribution in [0.5, 0.6) is 0 Å². The lowest BCUT2D eigenvalue weighted by Crippen LogP contribution is -2.74. The van der Waals surface area contributed by atoms with Gasteiger partial charge in [0.2, 0.25) is 0 Å². The van der Waals surface area contributed by atoms with Crippen LogP contribution < -0.4 is 10.4 Å². The van der Waals surface area contributed by atoms with Crippen LogP contribution in [0.1, 0.15) is 54.0 Å². The van der Waals surface area contributed by atoms with Crippen LogP contribution in [-0.4, -0.2) is 145 Å². The third-order valence-electron chi connectivity index (χ3n) is 20.1. The van der Waals surface area contributed by atoms with E-state index in [9.17, 15) is 0 Å². The lowest BCUT2D eigenvalue weighted by atomic mass is 10.1. The first-order valence-electron chi connectivity index (χ1n) is 35.0. The smallest absolute Gasteiger partial charge is 0.133 e. The van der Waals surface area contributed by atoms with Gasteiger partial charge in [0.1, 0.15) is 31.9 Å². The molecule has 0 bridgehead atoms. The number of benzene rings is 2. The van der Waals surface area contributed by atoms with Crippen molar-refractivity contribution in [1.82, 2.24) is 0 Å². The van der Waals surface area contributed by atoms with Crippen molar-refractivity contribution in [1.29, 1.82) is 0 Å². The van der Waals surface area contributed by atoms with Crippen LogP contribution in [0.15, 0.2) is 24.3 Å². The Morgan fingerprint density at radius 3 is 0.477 bits per heavy atom. The molecule has 504 valence electrons. The Bertz CT molecular complexity index is 2530. The molecular formula is C70H152Si18. The molecular weight excluding hydrogens is 1350 g/mol. The zero-order valence-corrected chi connectivity index (χ0v) is 86.6. The molecule has 0 heterocycles. The van der Waals surface area contributed by atoms with Crippen LogP contribution in [0.4, 0.5) is 0 Å². The zero-order chi connectivity index (χ0) is 70.7. The van der Waals surface area contributed by atoms with E-state index in [0.29, 0.717) is 20.7 Å². The maximum Gasteiger partial charge on any atom is 0.133 e. The van der Waals surface area contributed by atoms with Gasteiger partial charge in [-0.05, 0) is 73.0 Å². The minimum atomic E-state index is -1.96. The molecule has 0 aliphatic heterocycles. The molecule has 0 spiro atoms. The third-order valence-corrected chi connectivity index (χ3v) is 109. The third kappa shape index (κ3) is 18.6. The van der Waals surface area contributed by atoms with Crippen LogP contribution in [0, 0.1) is 22.2 Å². The van der Waals surface area contributed by atoms with Gasteiger partial charge in [-0.1, -0.05) is 339 Å². The summed E-state index contributed by atoms with van der Waals surface area (Å²) in [7, 11) is -34.9. The van der Waals surface area contributed by atoms with E-state index in [0.717, 1.165) is 0 Å². The molecule has 0 aliphatic rings. The van der Waals surface area contributed by atoms with Gasteiger partial charge >= 0.3 is 0 Å². The Hall–Kier alpha value is 1.46. The molecule has 0 saturated heterocycles. The van der Waals surface area contributed by atoms with E-state index in [1.807, 2.05) is 43.8 Å². The molecule has 2 aromatic rings. The standard InChI is InChI=1S/C70H152Si18/c1-73(2,3)51-49-71(63-59(65(75(7,8)9)76(10,11)12)53-57(54-60(63)66(77(13,14)15)78(16,17)18)69(83(31,32)33,84(34,35)36)85(37,38)39)72(50-52-74(4,5)6)64-61(67(79(19,20)21)80(22,23)24)55-58(56-62(64)68(81(25,26)27)82(28,29)30)70(86(40,41)42,87(43,44)45)88(46,47)48/h53-56,65-68H,1-48H3/b72-71+. The first-order valence-corrected chi connectivity index (χ1v) is 95.6. The summed E-state index contributed by atoms with van der Waals surface area (Å²) in [5.74, 6) is 0. The molecule has 0 saturated carbocycles. The van der Waals surface area contributed by atoms with Gasteiger partial charge in [-0.25, -0.2) is 0 Å². The van der Waals surface area contributed by atoms with E-state index in [-0.39, 0.29) is 8.57 Å². The average Bonchev–Trinajstić information content (AvgIpc) is 3.11. The predicted octanol–water partition coefficient (Wildman–Crippen LogP) is 22.8. The highest BCUT2D eigenvalue weighted by Crippen LogP contribution is 2.54. The molecule has 88 heavy (non-hydrogen) atoms. The Morgan fingerprint density at radius 1 is 0.239 bits per heavy atom. The van der Waals surface area contributed by atoms with E-state index >= 15 is 0 Å². The Labute approximate surface area is 573 Å². The maximum atomic E-state index is 4.89. The van der Waals surface area contributed by atoms with Crippen molar-refractivity contribution >= 4 is 155 Å². The van der Waals surface area contributed by atoms with E-state index in [4.69, 9.17) is 11.1 Å². The normalized spacial score (nSPS) is 15.7. The predicted molar refractivity (Wildman–Crippen MR) is 467 cm³/mol. The van der Waals surface area contributed by atoms with Gasteiger partial charge in [-0.2, -0.15) is 0 Å². The van der Waals surface area contributed by atoms with Gasteiger partial charge in [0, 0.05) is 113 Å². The summed E-state index contributed by atoms with van der Waals surface area (Å²) in [4.78, 5) is 0. The lowest BCUT2D eigenvalue weighted by Gasteiger charge is -2.60. The second-order valence-electron chi connectivity index (χ2n) is 45.5.